The average molecular weight is 405 g/mol. The van der Waals surface area contributed by atoms with Crippen molar-refractivity contribution in [2.24, 2.45) is 0 Å². The van der Waals surface area contributed by atoms with Gasteiger partial charge in [-0.2, -0.15) is 0 Å². The summed E-state index contributed by atoms with van der Waals surface area (Å²) in [5, 5.41) is 3.18. The van der Waals surface area contributed by atoms with Crippen LogP contribution in [0.1, 0.15) is 34.9 Å². The van der Waals surface area contributed by atoms with E-state index in [9.17, 15) is 8.78 Å². The third kappa shape index (κ3) is 2.70. The molecule has 1 aliphatic carbocycles. The van der Waals surface area contributed by atoms with Crippen molar-refractivity contribution in [3.05, 3.63) is 48.7 Å². The van der Waals surface area contributed by atoms with Crippen molar-refractivity contribution >= 4 is 39.6 Å². The molecule has 0 saturated heterocycles. The van der Waals surface area contributed by atoms with Crippen molar-refractivity contribution in [2.75, 3.05) is 5.32 Å². The molecule has 1 unspecified atom stereocenters. The minimum absolute atomic E-state index is 0.0788. The molecule has 2 aromatic rings. The van der Waals surface area contributed by atoms with Crippen LogP contribution in [-0.2, 0) is 6.42 Å². The van der Waals surface area contributed by atoms with Gasteiger partial charge < -0.3 is 5.32 Å². The lowest BCUT2D eigenvalue weighted by Gasteiger charge is -2.25. The first-order chi connectivity index (χ1) is 9.54. The van der Waals surface area contributed by atoms with Gasteiger partial charge in [-0.3, -0.25) is 0 Å². The van der Waals surface area contributed by atoms with Crippen LogP contribution in [-0.4, -0.2) is 0 Å². The average Bonchev–Trinajstić information content (AvgIpc) is 2.77. The Hall–Kier alpha value is -0.690. The highest BCUT2D eigenvalue weighted by atomic mass is 127. The van der Waals surface area contributed by atoms with E-state index in [4.69, 9.17) is 0 Å². The molecule has 5 heteroatoms. The van der Waals surface area contributed by atoms with Gasteiger partial charge in [0.1, 0.15) is 11.6 Å². The van der Waals surface area contributed by atoms with Crippen LogP contribution >= 0.6 is 33.9 Å². The zero-order valence-corrected chi connectivity index (χ0v) is 13.9. The van der Waals surface area contributed by atoms with Gasteiger partial charge >= 0.3 is 0 Å². The Labute approximate surface area is 134 Å². The first-order valence-corrected chi connectivity index (χ1v) is 8.44. The van der Waals surface area contributed by atoms with Crippen molar-refractivity contribution in [1.29, 1.82) is 0 Å². The van der Waals surface area contributed by atoms with E-state index >= 15 is 0 Å². The number of benzene rings is 1. The highest BCUT2D eigenvalue weighted by Crippen LogP contribution is 2.38. The van der Waals surface area contributed by atoms with Crippen LogP contribution in [0.4, 0.5) is 14.5 Å². The Kier molecular flexibility index (Phi) is 3.99. The molecule has 0 amide bonds. The van der Waals surface area contributed by atoms with E-state index in [2.05, 4.69) is 34.0 Å². The van der Waals surface area contributed by atoms with Crippen molar-refractivity contribution in [3.63, 3.8) is 0 Å². The monoisotopic (exact) mass is 405 g/mol. The maximum absolute atomic E-state index is 13.9. The summed E-state index contributed by atoms with van der Waals surface area (Å²) in [6.07, 6.45) is 3.12. The predicted octanol–water partition coefficient (Wildman–Crippen LogP) is 5.43. The SMILES string of the molecule is Cc1cc(F)c(NC2CCCc3sc(I)cc32)cc1F. The van der Waals surface area contributed by atoms with Gasteiger partial charge in [0.05, 0.1) is 14.6 Å². The van der Waals surface area contributed by atoms with Crippen LogP contribution < -0.4 is 5.32 Å². The molecule has 0 fully saturated rings. The fourth-order valence-electron chi connectivity index (χ4n) is 2.62. The van der Waals surface area contributed by atoms with Gasteiger partial charge in [-0.25, -0.2) is 8.78 Å². The minimum Gasteiger partial charge on any atom is -0.376 e. The first-order valence-electron chi connectivity index (χ1n) is 6.55. The van der Waals surface area contributed by atoms with Gasteiger partial charge in [-0.1, -0.05) is 0 Å². The highest BCUT2D eigenvalue weighted by Gasteiger charge is 2.23. The largest absolute Gasteiger partial charge is 0.376 e. The Morgan fingerprint density at radius 1 is 1.25 bits per heavy atom. The van der Waals surface area contributed by atoms with E-state index in [-0.39, 0.29) is 23.4 Å². The van der Waals surface area contributed by atoms with Gasteiger partial charge in [0.25, 0.3) is 0 Å². The number of fused-ring (bicyclic) bond motifs is 1. The highest BCUT2D eigenvalue weighted by molar-refractivity contribution is 14.1. The molecule has 0 aliphatic heterocycles. The second-order valence-corrected chi connectivity index (χ2v) is 8.13. The molecule has 0 saturated carbocycles. The predicted molar refractivity (Wildman–Crippen MR) is 87.4 cm³/mol. The van der Waals surface area contributed by atoms with Gasteiger partial charge in [0.2, 0.25) is 0 Å². The lowest BCUT2D eigenvalue weighted by molar-refractivity contribution is 0.578. The van der Waals surface area contributed by atoms with E-state index in [1.807, 2.05) is 0 Å². The van der Waals surface area contributed by atoms with Crippen molar-refractivity contribution in [3.8, 4) is 0 Å². The topological polar surface area (TPSA) is 12.0 Å². The summed E-state index contributed by atoms with van der Waals surface area (Å²) in [7, 11) is 0. The van der Waals surface area contributed by atoms with Crippen LogP contribution in [0.5, 0.6) is 0 Å². The number of nitrogens with one attached hydrogen (secondary N) is 1. The number of rotatable bonds is 2. The van der Waals surface area contributed by atoms with E-state index in [0.29, 0.717) is 5.56 Å². The lowest BCUT2D eigenvalue weighted by Crippen LogP contribution is -2.16. The fourth-order valence-corrected chi connectivity index (χ4v) is 4.74. The summed E-state index contributed by atoms with van der Waals surface area (Å²) in [6.45, 7) is 1.57. The summed E-state index contributed by atoms with van der Waals surface area (Å²) >= 11 is 4.11. The smallest absolute Gasteiger partial charge is 0.146 e. The second kappa shape index (κ2) is 5.60. The summed E-state index contributed by atoms with van der Waals surface area (Å²) < 4.78 is 28.8. The van der Waals surface area contributed by atoms with Crippen LogP contribution in [0.15, 0.2) is 18.2 Å². The standard InChI is InChI=1S/C15H14F2INS/c1-8-5-11(17)13(7-10(8)16)19-12-3-2-4-14-9(12)6-15(18)20-14/h5-7,12,19H,2-4H2,1H3. The van der Waals surface area contributed by atoms with Gasteiger partial charge in [-0.05, 0) is 72.0 Å². The first kappa shape index (κ1) is 14.3. The summed E-state index contributed by atoms with van der Waals surface area (Å²) in [5.74, 6) is -0.759. The van der Waals surface area contributed by atoms with E-state index in [1.165, 1.54) is 25.5 Å². The fraction of sp³-hybridized carbons (Fsp3) is 0.333. The molecule has 1 N–H and O–H groups in total. The third-order valence-electron chi connectivity index (χ3n) is 3.66. The number of hydrogen-bond acceptors (Lipinski definition) is 2. The lowest BCUT2D eigenvalue weighted by atomic mass is 9.94. The maximum Gasteiger partial charge on any atom is 0.146 e. The number of aryl methyl sites for hydroxylation is 2. The molecule has 0 spiro atoms. The van der Waals surface area contributed by atoms with E-state index < -0.39 is 0 Å². The summed E-state index contributed by atoms with van der Waals surface area (Å²) in [4.78, 5) is 1.37. The minimum atomic E-state index is -0.388. The molecule has 1 aromatic carbocycles. The van der Waals surface area contributed by atoms with Crippen LogP contribution in [0, 0.1) is 21.4 Å². The molecule has 0 bridgehead atoms. The molecule has 1 aromatic heterocycles. The number of hydrogen-bond donors (Lipinski definition) is 1. The molecular weight excluding hydrogens is 391 g/mol. The summed E-state index contributed by atoms with van der Waals surface area (Å²) in [6, 6.07) is 4.74. The molecule has 3 rings (SSSR count). The quantitative estimate of drug-likeness (QED) is 0.658. The number of halogens is 3. The van der Waals surface area contributed by atoms with Crippen molar-refractivity contribution < 1.29 is 8.78 Å². The molecule has 20 heavy (non-hydrogen) atoms. The van der Waals surface area contributed by atoms with Crippen LogP contribution in [0.3, 0.4) is 0 Å². The van der Waals surface area contributed by atoms with Crippen molar-refractivity contribution in [2.45, 2.75) is 32.2 Å². The maximum atomic E-state index is 13.9. The second-order valence-electron chi connectivity index (χ2n) is 5.10. The summed E-state index contributed by atoms with van der Waals surface area (Å²) in [5.41, 5.74) is 1.83. The molecular formula is C15H14F2INS. The van der Waals surface area contributed by atoms with Gasteiger partial charge in [-0.15, -0.1) is 11.3 Å². The van der Waals surface area contributed by atoms with Crippen LogP contribution in [0.2, 0.25) is 0 Å². The van der Waals surface area contributed by atoms with Gasteiger partial charge in [0.15, 0.2) is 0 Å². The Balaban J connectivity index is 1.91. The molecule has 0 radical (unpaired) electrons. The zero-order valence-electron chi connectivity index (χ0n) is 11.0. The third-order valence-corrected chi connectivity index (χ3v) is 5.63. The Bertz CT molecular complexity index is 654. The van der Waals surface area contributed by atoms with E-state index in [1.54, 1.807) is 18.3 Å². The zero-order chi connectivity index (χ0) is 14.3. The van der Waals surface area contributed by atoms with Gasteiger partial charge in [0, 0.05) is 10.9 Å². The molecule has 1 heterocycles. The van der Waals surface area contributed by atoms with E-state index in [0.717, 1.165) is 19.3 Å². The molecule has 1 aliphatic rings. The van der Waals surface area contributed by atoms with Crippen LogP contribution in [0.25, 0.3) is 0 Å². The van der Waals surface area contributed by atoms with Crippen molar-refractivity contribution in [1.82, 2.24) is 0 Å². The molecule has 1 atom stereocenters. The molecule has 1 nitrogen and oxygen atoms in total. The normalized spacial score (nSPS) is 17.9. The molecule has 106 valence electrons. The number of anilines is 1. The Morgan fingerprint density at radius 2 is 2.05 bits per heavy atom. The Morgan fingerprint density at radius 3 is 2.85 bits per heavy atom. The number of thiophene rings is 1.